The number of anilines is 1. The summed E-state index contributed by atoms with van der Waals surface area (Å²) in [6.45, 7) is 6.48. The maximum absolute atomic E-state index is 13.5. The number of benzene rings is 2. The SMILES string of the molecule is COc1cc2nc(C)nc(N[C@H](C)c3cc([N+](=O)[O-])cc(C(F)(F)F)c3C)c2cc1C. The molecule has 0 radical (unpaired) electrons. The van der Waals surface area contributed by atoms with Gasteiger partial charge in [-0.1, -0.05) is 0 Å². The molecule has 0 fully saturated rings. The molecule has 3 aromatic rings. The van der Waals surface area contributed by atoms with Crippen LogP contribution in [0.15, 0.2) is 24.3 Å². The molecule has 0 aliphatic carbocycles. The lowest BCUT2D eigenvalue weighted by atomic mass is 9.96. The molecule has 0 amide bonds. The van der Waals surface area contributed by atoms with E-state index in [1.54, 1.807) is 27.0 Å². The number of nitro groups is 1. The molecule has 1 heterocycles. The van der Waals surface area contributed by atoms with Crippen molar-refractivity contribution in [3.8, 4) is 5.75 Å². The van der Waals surface area contributed by atoms with Crippen molar-refractivity contribution < 1.29 is 22.8 Å². The van der Waals surface area contributed by atoms with Crippen LogP contribution in [0, 0.1) is 30.9 Å². The summed E-state index contributed by atoms with van der Waals surface area (Å²) in [5, 5.41) is 15.0. The number of nitrogens with zero attached hydrogens (tertiary/aromatic N) is 3. The molecule has 0 saturated carbocycles. The van der Waals surface area contributed by atoms with Crippen LogP contribution in [0.1, 0.15) is 41.0 Å². The summed E-state index contributed by atoms with van der Waals surface area (Å²) in [7, 11) is 1.55. The highest BCUT2D eigenvalue weighted by Crippen LogP contribution is 2.38. The average molecular weight is 434 g/mol. The second-order valence-electron chi connectivity index (χ2n) is 7.29. The predicted octanol–water partition coefficient (Wildman–Crippen LogP) is 5.66. The van der Waals surface area contributed by atoms with E-state index < -0.39 is 28.4 Å². The summed E-state index contributed by atoms with van der Waals surface area (Å²) in [5.74, 6) is 1.52. The van der Waals surface area contributed by atoms with Crippen LogP contribution in [0.4, 0.5) is 24.7 Å². The zero-order chi connectivity index (χ0) is 23.1. The Labute approximate surface area is 176 Å². The van der Waals surface area contributed by atoms with E-state index in [9.17, 15) is 23.3 Å². The molecule has 2 aromatic carbocycles. The van der Waals surface area contributed by atoms with E-state index in [-0.39, 0.29) is 11.1 Å². The van der Waals surface area contributed by atoms with Crippen LogP contribution in [0.2, 0.25) is 0 Å². The number of methoxy groups -OCH3 is 1. The Balaban J connectivity index is 2.12. The van der Waals surface area contributed by atoms with Gasteiger partial charge < -0.3 is 10.1 Å². The largest absolute Gasteiger partial charge is 0.496 e. The number of halogens is 3. The number of rotatable bonds is 5. The number of alkyl halides is 3. The van der Waals surface area contributed by atoms with Crippen molar-refractivity contribution in [1.82, 2.24) is 9.97 Å². The van der Waals surface area contributed by atoms with Crippen molar-refractivity contribution in [1.29, 1.82) is 0 Å². The molecule has 0 spiro atoms. The Morgan fingerprint density at radius 3 is 2.39 bits per heavy atom. The molecule has 0 unspecified atom stereocenters. The van der Waals surface area contributed by atoms with Crippen LogP contribution in [0.5, 0.6) is 5.75 Å². The van der Waals surface area contributed by atoms with Crippen molar-refractivity contribution in [3.63, 3.8) is 0 Å². The lowest BCUT2D eigenvalue weighted by Gasteiger charge is -2.21. The second-order valence-corrected chi connectivity index (χ2v) is 7.29. The van der Waals surface area contributed by atoms with Crippen molar-refractivity contribution >= 4 is 22.4 Å². The Morgan fingerprint density at radius 2 is 1.81 bits per heavy atom. The molecular weight excluding hydrogens is 413 g/mol. The van der Waals surface area contributed by atoms with Gasteiger partial charge in [0.25, 0.3) is 5.69 Å². The Morgan fingerprint density at radius 1 is 1.13 bits per heavy atom. The normalized spacial score (nSPS) is 12.6. The van der Waals surface area contributed by atoms with Crippen LogP contribution in [-0.4, -0.2) is 22.0 Å². The second kappa shape index (κ2) is 8.01. The summed E-state index contributed by atoms with van der Waals surface area (Å²) in [4.78, 5) is 19.2. The molecule has 10 heteroatoms. The van der Waals surface area contributed by atoms with Gasteiger partial charge in [0.1, 0.15) is 17.4 Å². The first-order valence-electron chi connectivity index (χ1n) is 9.38. The molecule has 0 aliphatic heterocycles. The lowest BCUT2D eigenvalue weighted by Crippen LogP contribution is -2.15. The quantitative estimate of drug-likeness (QED) is 0.411. The van der Waals surface area contributed by atoms with Crippen LogP contribution in [-0.2, 0) is 6.18 Å². The van der Waals surface area contributed by atoms with E-state index in [0.717, 1.165) is 11.6 Å². The first-order chi connectivity index (χ1) is 14.4. The van der Waals surface area contributed by atoms with Gasteiger partial charge in [-0.05, 0) is 50.5 Å². The third-order valence-electron chi connectivity index (χ3n) is 5.09. The zero-order valence-electron chi connectivity index (χ0n) is 17.6. The zero-order valence-corrected chi connectivity index (χ0v) is 17.6. The molecule has 7 nitrogen and oxygen atoms in total. The number of aromatic nitrogens is 2. The fourth-order valence-electron chi connectivity index (χ4n) is 3.56. The number of ether oxygens (including phenoxy) is 1. The van der Waals surface area contributed by atoms with Gasteiger partial charge in [0.15, 0.2) is 0 Å². The Kier molecular flexibility index (Phi) is 5.75. The molecule has 1 atom stereocenters. The highest BCUT2D eigenvalue weighted by atomic mass is 19.4. The first kappa shape index (κ1) is 22.3. The van der Waals surface area contributed by atoms with Crippen LogP contribution < -0.4 is 10.1 Å². The molecule has 0 saturated heterocycles. The summed E-state index contributed by atoms with van der Waals surface area (Å²) < 4.78 is 45.7. The minimum Gasteiger partial charge on any atom is -0.496 e. The van der Waals surface area contributed by atoms with Crippen molar-refractivity contribution in [3.05, 3.63) is 62.5 Å². The fraction of sp³-hybridized carbons (Fsp3) is 0.333. The van der Waals surface area contributed by atoms with Crippen LogP contribution in [0.3, 0.4) is 0 Å². The minimum absolute atomic E-state index is 0.0777. The third kappa shape index (κ3) is 4.37. The number of nitro benzene ring substituents is 1. The smallest absolute Gasteiger partial charge is 0.416 e. The van der Waals surface area contributed by atoms with Gasteiger partial charge in [0.05, 0.1) is 29.2 Å². The molecule has 1 N–H and O–H groups in total. The summed E-state index contributed by atoms with van der Waals surface area (Å²) in [6, 6.07) is 4.61. The topological polar surface area (TPSA) is 90.2 Å². The fourth-order valence-corrected chi connectivity index (χ4v) is 3.56. The highest BCUT2D eigenvalue weighted by molar-refractivity contribution is 5.91. The minimum atomic E-state index is -4.71. The first-order valence-corrected chi connectivity index (χ1v) is 9.38. The van der Waals surface area contributed by atoms with Gasteiger partial charge in [-0.2, -0.15) is 13.2 Å². The van der Waals surface area contributed by atoms with E-state index >= 15 is 0 Å². The highest BCUT2D eigenvalue weighted by Gasteiger charge is 2.36. The van der Waals surface area contributed by atoms with Crippen molar-refractivity contribution in [2.45, 2.75) is 39.9 Å². The lowest BCUT2D eigenvalue weighted by molar-refractivity contribution is -0.385. The maximum atomic E-state index is 13.5. The molecule has 0 aliphatic rings. The van der Waals surface area contributed by atoms with Gasteiger partial charge in [-0.15, -0.1) is 0 Å². The Hall–Kier alpha value is -3.43. The number of nitrogens with one attached hydrogen (secondary N) is 1. The number of hydrogen-bond acceptors (Lipinski definition) is 6. The molecule has 0 bridgehead atoms. The molecular formula is C21H21F3N4O3. The number of non-ortho nitro benzene ring substituents is 1. The van der Waals surface area contributed by atoms with Gasteiger partial charge in [0, 0.05) is 23.6 Å². The van der Waals surface area contributed by atoms with Gasteiger partial charge >= 0.3 is 6.18 Å². The van der Waals surface area contributed by atoms with E-state index in [4.69, 9.17) is 4.74 Å². The third-order valence-corrected chi connectivity index (χ3v) is 5.09. The van der Waals surface area contributed by atoms with Crippen molar-refractivity contribution in [2.24, 2.45) is 0 Å². The molecule has 164 valence electrons. The molecule has 31 heavy (non-hydrogen) atoms. The van der Waals surface area contributed by atoms with E-state index in [1.807, 2.05) is 13.0 Å². The Bertz CT molecular complexity index is 1180. The average Bonchev–Trinajstić information content (AvgIpc) is 2.66. The van der Waals surface area contributed by atoms with Crippen molar-refractivity contribution in [2.75, 3.05) is 12.4 Å². The van der Waals surface area contributed by atoms with Crippen LogP contribution in [0.25, 0.3) is 10.9 Å². The van der Waals surface area contributed by atoms with E-state index in [1.165, 1.54) is 6.92 Å². The summed E-state index contributed by atoms with van der Waals surface area (Å²) in [5.41, 5.74) is -0.122. The molecule has 3 rings (SSSR count). The number of hydrogen-bond donors (Lipinski definition) is 1. The summed E-state index contributed by atoms with van der Waals surface area (Å²) >= 11 is 0. The molecule has 1 aromatic heterocycles. The number of fused-ring (bicyclic) bond motifs is 1. The monoisotopic (exact) mass is 434 g/mol. The maximum Gasteiger partial charge on any atom is 0.416 e. The standard InChI is InChI=1S/C21H21F3N4O3/c1-10-6-16-18(9-19(10)31-5)26-13(4)27-20(16)25-12(3)15-7-14(28(29)30)8-17(11(15)2)21(22,23)24/h6-9,12H,1-5H3,(H,25,26,27)/t12-/m1/s1. The number of aryl methyl sites for hydroxylation is 2. The van der Waals surface area contributed by atoms with E-state index in [2.05, 4.69) is 15.3 Å². The van der Waals surface area contributed by atoms with Gasteiger partial charge in [-0.25, -0.2) is 9.97 Å². The van der Waals surface area contributed by atoms with Crippen LogP contribution >= 0.6 is 0 Å². The van der Waals surface area contributed by atoms with E-state index in [0.29, 0.717) is 34.4 Å². The summed E-state index contributed by atoms with van der Waals surface area (Å²) in [6.07, 6.45) is -4.71. The van der Waals surface area contributed by atoms with Gasteiger partial charge in [-0.3, -0.25) is 10.1 Å². The predicted molar refractivity (Wildman–Crippen MR) is 110 cm³/mol. The van der Waals surface area contributed by atoms with Gasteiger partial charge in [0.2, 0.25) is 0 Å².